The van der Waals surface area contributed by atoms with Crippen molar-refractivity contribution >= 4 is 0 Å². The van der Waals surface area contributed by atoms with Gasteiger partial charge in [-0.15, -0.1) is 0 Å². The maximum Gasteiger partial charge on any atom is 0.159 e. The van der Waals surface area contributed by atoms with Crippen LogP contribution in [0.3, 0.4) is 0 Å². The van der Waals surface area contributed by atoms with Crippen molar-refractivity contribution in [2.24, 2.45) is 11.7 Å². The molecule has 0 spiro atoms. The predicted octanol–water partition coefficient (Wildman–Crippen LogP) is 2.70. The summed E-state index contributed by atoms with van der Waals surface area (Å²) < 4.78 is 26.2. The Morgan fingerprint density at radius 1 is 1.28 bits per heavy atom. The average Bonchev–Trinajstić information content (AvgIpc) is 2.37. The molecule has 0 saturated carbocycles. The molecule has 1 aromatic rings. The van der Waals surface area contributed by atoms with Gasteiger partial charge in [0.1, 0.15) is 0 Å². The van der Waals surface area contributed by atoms with E-state index in [4.69, 9.17) is 5.73 Å². The largest absolute Gasteiger partial charge is 0.329 e. The van der Waals surface area contributed by atoms with Crippen molar-refractivity contribution in [3.05, 3.63) is 35.4 Å². The molecule has 1 heterocycles. The van der Waals surface area contributed by atoms with Crippen LogP contribution in [0.25, 0.3) is 0 Å². The van der Waals surface area contributed by atoms with Crippen LogP contribution in [-0.2, 0) is 0 Å². The third kappa shape index (κ3) is 2.87. The molecular weight excluding hydrogens is 234 g/mol. The molecule has 100 valence electrons. The highest BCUT2D eigenvalue weighted by Gasteiger charge is 2.24. The molecule has 2 rings (SSSR count). The van der Waals surface area contributed by atoms with E-state index in [1.54, 1.807) is 6.07 Å². The first kappa shape index (κ1) is 13.4. The summed E-state index contributed by atoms with van der Waals surface area (Å²) in [7, 11) is 0. The molecule has 1 unspecified atom stereocenters. The minimum atomic E-state index is -0.804. The lowest BCUT2D eigenvalue weighted by Gasteiger charge is -2.36. The monoisotopic (exact) mass is 254 g/mol. The van der Waals surface area contributed by atoms with Crippen molar-refractivity contribution < 1.29 is 8.78 Å². The van der Waals surface area contributed by atoms with E-state index in [1.807, 2.05) is 0 Å². The summed E-state index contributed by atoms with van der Waals surface area (Å²) >= 11 is 0. The van der Waals surface area contributed by atoms with Crippen LogP contribution in [0.2, 0.25) is 0 Å². The number of likely N-dealkylation sites (tertiary alicyclic amines) is 1. The van der Waals surface area contributed by atoms with E-state index in [2.05, 4.69) is 11.8 Å². The molecule has 0 aromatic heterocycles. The van der Waals surface area contributed by atoms with Crippen LogP contribution in [0, 0.1) is 17.6 Å². The Morgan fingerprint density at radius 2 is 1.94 bits per heavy atom. The maximum atomic E-state index is 13.3. The first-order chi connectivity index (χ1) is 8.61. The molecule has 4 heteroatoms. The van der Waals surface area contributed by atoms with Gasteiger partial charge in [0, 0.05) is 12.6 Å². The van der Waals surface area contributed by atoms with E-state index >= 15 is 0 Å². The Morgan fingerprint density at radius 3 is 2.50 bits per heavy atom. The summed E-state index contributed by atoms with van der Waals surface area (Å²) in [4.78, 5) is 2.27. The molecule has 1 aliphatic rings. The van der Waals surface area contributed by atoms with Gasteiger partial charge in [-0.1, -0.05) is 13.0 Å². The standard InChI is InChI=1S/C14H20F2N2/c1-10-4-6-18(7-5-10)14(9-17)11-2-3-12(15)13(16)8-11/h2-3,8,10,14H,4-7,9,17H2,1H3. The Kier molecular flexibility index (Phi) is 4.30. The molecular formula is C14H20F2N2. The smallest absolute Gasteiger partial charge is 0.159 e. The summed E-state index contributed by atoms with van der Waals surface area (Å²) in [5.74, 6) is -0.859. The lowest BCUT2D eigenvalue weighted by atomic mass is 9.96. The van der Waals surface area contributed by atoms with E-state index in [0.717, 1.165) is 37.4 Å². The number of nitrogens with two attached hydrogens (primary N) is 1. The van der Waals surface area contributed by atoms with E-state index < -0.39 is 11.6 Å². The lowest BCUT2D eigenvalue weighted by molar-refractivity contribution is 0.141. The summed E-state index contributed by atoms with van der Waals surface area (Å²) in [5, 5.41) is 0. The second-order valence-electron chi connectivity index (χ2n) is 5.14. The highest BCUT2D eigenvalue weighted by atomic mass is 19.2. The Bertz CT molecular complexity index is 401. The van der Waals surface area contributed by atoms with Gasteiger partial charge in [0.05, 0.1) is 0 Å². The molecule has 1 fully saturated rings. The van der Waals surface area contributed by atoms with Gasteiger partial charge in [-0.3, -0.25) is 4.90 Å². The zero-order valence-corrected chi connectivity index (χ0v) is 10.7. The van der Waals surface area contributed by atoms with Gasteiger partial charge in [0.15, 0.2) is 11.6 Å². The van der Waals surface area contributed by atoms with E-state index in [1.165, 1.54) is 12.1 Å². The summed E-state index contributed by atoms with van der Waals surface area (Å²) in [6.07, 6.45) is 2.28. The van der Waals surface area contributed by atoms with Crippen LogP contribution in [0.4, 0.5) is 8.78 Å². The fourth-order valence-electron chi connectivity index (χ4n) is 2.56. The summed E-state index contributed by atoms with van der Waals surface area (Å²) in [6, 6.07) is 4.08. The predicted molar refractivity (Wildman–Crippen MR) is 68.1 cm³/mol. The summed E-state index contributed by atoms with van der Waals surface area (Å²) in [5.41, 5.74) is 6.57. The quantitative estimate of drug-likeness (QED) is 0.898. The molecule has 1 aliphatic heterocycles. The van der Waals surface area contributed by atoms with Gasteiger partial charge in [-0.2, -0.15) is 0 Å². The van der Waals surface area contributed by atoms with Crippen LogP contribution in [0.15, 0.2) is 18.2 Å². The number of hydrogen-bond donors (Lipinski definition) is 1. The van der Waals surface area contributed by atoms with Crippen LogP contribution in [0.1, 0.15) is 31.4 Å². The van der Waals surface area contributed by atoms with E-state index in [9.17, 15) is 8.78 Å². The molecule has 1 saturated heterocycles. The Hall–Kier alpha value is -1.00. The van der Waals surface area contributed by atoms with Gasteiger partial charge < -0.3 is 5.73 Å². The molecule has 0 aliphatic carbocycles. The molecule has 2 N–H and O–H groups in total. The fraction of sp³-hybridized carbons (Fsp3) is 0.571. The van der Waals surface area contributed by atoms with Crippen LogP contribution < -0.4 is 5.73 Å². The summed E-state index contributed by atoms with van der Waals surface area (Å²) in [6.45, 7) is 4.62. The highest BCUT2D eigenvalue weighted by molar-refractivity contribution is 5.22. The van der Waals surface area contributed by atoms with Crippen molar-refractivity contribution in [3.63, 3.8) is 0 Å². The zero-order chi connectivity index (χ0) is 13.1. The molecule has 2 nitrogen and oxygen atoms in total. The Balaban J connectivity index is 2.14. The molecule has 18 heavy (non-hydrogen) atoms. The minimum Gasteiger partial charge on any atom is -0.329 e. The zero-order valence-electron chi connectivity index (χ0n) is 10.7. The van der Waals surface area contributed by atoms with Crippen molar-refractivity contribution in [2.75, 3.05) is 19.6 Å². The normalized spacial score (nSPS) is 20.0. The van der Waals surface area contributed by atoms with Gasteiger partial charge in [0.25, 0.3) is 0 Å². The van der Waals surface area contributed by atoms with Crippen LogP contribution in [-0.4, -0.2) is 24.5 Å². The van der Waals surface area contributed by atoms with Crippen LogP contribution >= 0.6 is 0 Å². The molecule has 1 aromatic carbocycles. The number of hydrogen-bond acceptors (Lipinski definition) is 2. The minimum absolute atomic E-state index is 0.00685. The first-order valence-corrected chi connectivity index (χ1v) is 6.51. The van der Waals surface area contributed by atoms with E-state index in [0.29, 0.717) is 6.54 Å². The van der Waals surface area contributed by atoms with Gasteiger partial charge in [0.2, 0.25) is 0 Å². The molecule has 0 bridgehead atoms. The van der Waals surface area contributed by atoms with Gasteiger partial charge in [-0.25, -0.2) is 8.78 Å². The highest BCUT2D eigenvalue weighted by Crippen LogP contribution is 2.26. The fourth-order valence-corrected chi connectivity index (χ4v) is 2.56. The van der Waals surface area contributed by atoms with Crippen molar-refractivity contribution in [1.82, 2.24) is 4.90 Å². The average molecular weight is 254 g/mol. The Labute approximate surface area is 107 Å². The third-order valence-electron chi connectivity index (χ3n) is 3.81. The van der Waals surface area contributed by atoms with Crippen molar-refractivity contribution in [3.8, 4) is 0 Å². The maximum absolute atomic E-state index is 13.3. The number of benzene rings is 1. The number of rotatable bonds is 3. The molecule has 1 atom stereocenters. The number of nitrogens with zero attached hydrogens (tertiary/aromatic N) is 1. The second kappa shape index (κ2) is 5.76. The third-order valence-corrected chi connectivity index (χ3v) is 3.81. The number of piperidine rings is 1. The second-order valence-corrected chi connectivity index (χ2v) is 5.14. The van der Waals surface area contributed by atoms with Crippen LogP contribution in [0.5, 0.6) is 0 Å². The van der Waals surface area contributed by atoms with Crippen molar-refractivity contribution in [2.45, 2.75) is 25.8 Å². The number of halogens is 2. The molecule has 0 radical (unpaired) electrons. The van der Waals surface area contributed by atoms with Gasteiger partial charge in [-0.05, 0) is 49.5 Å². The van der Waals surface area contributed by atoms with Crippen molar-refractivity contribution in [1.29, 1.82) is 0 Å². The topological polar surface area (TPSA) is 29.3 Å². The van der Waals surface area contributed by atoms with E-state index in [-0.39, 0.29) is 6.04 Å². The first-order valence-electron chi connectivity index (χ1n) is 6.51. The molecule has 0 amide bonds. The lowest BCUT2D eigenvalue weighted by Crippen LogP contribution is -2.39. The SMILES string of the molecule is CC1CCN(C(CN)c2ccc(F)c(F)c2)CC1. The van der Waals surface area contributed by atoms with Gasteiger partial charge >= 0.3 is 0 Å².